The quantitative estimate of drug-likeness (QED) is 0.562. The average Bonchev–Trinajstić information content (AvgIpc) is 3.22. The van der Waals surface area contributed by atoms with Gasteiger partial charge in [0.25, 0.3) is 0 Å². The van der Waals surface area contributed by atoms with Crippen LogP contribution in [-0.4, -0.2) is 64.3 Å². The van der Waals surface area contributed by atoms with Gasteiger partial charge in [0.2, 0.25) is 15.9 Å². The maximum atomic E-state index is 14.0. The largest absolute Gasteiger partial charge is 0.340 e. The zero-order valence-electron chi connectivity index (χ0n) is 18.3. The summed E-state index contributed by atoms with van der Waals surface area (Å²) in [7, 11) is -3.95. The maximum absolute atomic E-state index is 14.0. The Hall–Kier alpha value is -3.36. The van der Waals surface area contributed by atoms with Crippen LogP contribution >= 0.6 is 0 Å². The van der Waals surface area contributed by atoms with Gasteiger partial charge in [-0.2, -0.15) is 14.7 Å². The number of benzene rings is 1. The minimum absolute atomic E-state index is 0.0879. The molecule has 0 radical (unpaired) electrons. The van der Waals surface area contributed by atoms with E-state index in [0.717, 1.165) is 23.0 Å². The highest BCUT2D eigenvalue weighted by Gasteiger charge is 2.31. The molecule has 4 rings (SSSR count). The number of fused-ring (bicyclic) bond motifs is 1. The van der Waals surface area contributed by atoms with Crippen molar-refractivity contribution in [2.24, 2.45) is 0 Å². The minimum Gasteiger partial charge on any atom is -0.340 e. The van der Waals surface area contributed by atoms with Crippen molar-refractivity contribution >= 4 is 21.6 Å². The molecule has 0 aliphatic carbocycles. The van der Waals surface area contributed by atoms with Gasteiger partial charge in [0.05, 0.1) is 6.20 Å². The summed E-state index contributed by atoms with van der Waals surface area (Å²) in [5, 5.41) is 13.4. The van der Waals surface area contributed by atoms with Gasteiger partial charge >= 0.3 is 0 Å². The van der Waals surface area contributed by atoms with Crippen LogP contribution in [0.4, 0.5) is 4.39 Å². The third-order valence-corrected chi connectivity index (χ3v) is 7.90. The Morgan fingerprint density at radius 1 is 1.18 bits per heavy atom. The minimum atomic E-state index is -3.95. The Balaban J connectivity index is 1.40. The molecule has 172 valence electrons. The smallest absolute Gasteiger partial charge is 0.246 e. The molecule has 3 heterocycles. The molecule has 9 nitrogen and oxygen atoms in total. The summed E-state index contributed by atoms with van der Waals surface area (Å²) in [6, 6.07) is 7.36. The van der Waals surface area contributed by atoms with E-state index in [4.69, 9.17) is 0 Å². The number of hydrogen-bond acceptors (Lipinski definition) is 6. The van der Waals surface area contributed by atoms with Crippen molar-refractivity contribution in [2.75, 3.05) is 26.2 Å². The normalized spacial score (nSPS) is 15.0. The van der Waals surface area contributed by atoms with Crippen molar-refractivity contribution in [3.63, 3.8) is 0 Å². The first kappa shape index (κ1) is 22.8. The summed E-state index contributed by atoms with van der Waals surface area (Å²) in [5.74, 6) is -0.874. The Morgan fingerprint density at radius 2 is 1.88 bits per heavy atom. The van der Waals surface area contributed by atoms with Crippen LogP contribution in [0, 0.1) is 31.0 Å². The second-order valence-corrected chi connectivity index (χ2v) is 9.79. The number of nitrogens with zero attached hydrogens (tertiary/aromatic N) is 6. The number of carbonyl (C=O) groups excluding carboxylic acids is 1. The molecule has 0 bridgehead atoms. The second kappa shape index (κ2) is 8.88. The van der Waals surface area contributed by atoms with E-state index >= 15 is 0 Å². The van der Waals surface area contributed by atoms with Crippen LogP contribution in [0.25, 0.3) is 5.65 Å². The summed E-state index contributed by atoms with van der Waals surface area (Å²) in [6.45, 7) is 4.42. The number of amides is 1. The first-order valence-corrected chi connectivity index (χ1v) is 11.9. The predicted molar refractivity (Wildman–Crippen MR) is 117 cm³/mol. The predicted octanol–water partition coefficient (Wildman–Crippen LogP) is 1.82. The number of hydrogen-bond donors (Lipinski definition) is 0. The van der Waals surface area contributed by atoms with Crippen LogP contribution in [0.2, 0.25) is 0 Å². The lowest BCUT2D eigenvalue weighted by Gasteiger charge is -2.34. The van der Waals surface area contributed by atoms with Crippen molar-refractivity contribution in [3.05, 3.63) is 58.8 Å². The molecule has 1 fully saturated rings. The van der Waals surface area contributed by atoms with Gasteiger partial charge in [-0.3, -0.25) is 4.79 Å². The van der Waals surface area contributed by atoms with E-state index in [2.05, 4.69) is 16.2 Å². The zero-order chi connectivity index (χ0) is 23.8. The maximum Gasteiger partial charge on any atom is 0.246 e. The monoisotopic (exact) mass is 470 g/mol. The van der Waals surface area contributed by atoms with Crippen molar-refractivity contribution in [1.29, 1.82) is 5.26 Å². The fourth-order valence-electron chi connectivity index (χ4n) is 4.11. The van der Waals surface area contributed by atoms with Crippen LogP contribution in [0.5, 0.6) is 0 Å². The van der Waals surface area contributed by atoms with Gasteiger partial charge in [-0.25, -0.2) is 22.3 Å². The summed E-state index contributed by atoms with van der Waals surface area (Å²) in [5.41, 5.74) is 3.35. The molecule has 0 unspecified atom stereocenters. The highest BCUT2D eigenvalue weighted by molar-refractivity contribution is 7.89. The van der Waals surface area contributed by atoms with E-state index in [1.807, 2.05) is 13.8 Å². The highest BCUT2D eigenvalue weighted by Crippen LogP contribution is 2.22. The van der Waals surface area contributed by atoms with Crippen LogP contribution in [0.1, 0.15) is 28.9 Å². The number of rotatable bonds is 5. The third kappa shape index (κ3) is 4.19. The van der Waals surface area contributed by atoms with Crippen LogP contribution in [0.15, 0.2) is 35.4 Å². The fraction of sp³-hybridized carbons (Fsp3) is 0.364. The molecule has 3 aromatic rings. The molecular weight excluding hydrogens is 447 g/mol. The summed E-state index contributed by atoms with van der Waals surface area (Å²) in [4.78, 5) is 18.6. The number of piperazine rings is 1. The van der Waals surface area contributed by atoms with E-state index in [-0.39, 0.29) is 43.4 Å². The lowest BCUT2D eigenvalue weighted by molar-refractivity contribution is -0.132. The van der Waals surface area contributed by atoms with Crippen LogP contribution in [-0.2, 0) is 21.2 Å². The number of halogens is 1. The highest BCUT2D eigenvalue weighted by atomic mass is 32.2. The topological polar surface area (TPSA) is 112 Å². The Labute approximate surface area is 191 Å². The fourth-order valence-corrected chi connectivity index (χ4v) is 5.60. The van der Waals surface area contributed by atoms with Gasteiger partial charge in [-0.1, -0.05) is 12.1 Å². The Bertz CT molecular complexity index is 1370. The summed E-state index contributed by atoms with van der Waals surface area (Å²) in [6.07, 6.45) is 2.16. The molecule has 0 N–H and O–H groups in total. The molecule has 33 heavy (non-hydrogen) atoms. The molecule has 0 saturated carbocycles. The summed E-state index contributed by atoms with van der Waals surface area (Å²) >= 11 is 0. The van der Waals surface area contributed by atoms with Gasteiger partial charge in [0, 0.05) is 44.0 Å². The van der Waals surface area contributed by atoms with E-state index in [9.17, 15) is 22.9 Å². The molecule has 1 aliphatic heterocycles. The van der Waals surface area contributed by atoms with Crippen LogP contribution < -0.4 is 0 Å². The molecule has 1 aromatic carbocycles. The standard InChI is InChI=1S/C22H23FN6O3S/c1-15-18(16(2)29-22(26-15)17(13-24)14-25-29)7-8-21(30)27-9-11-28(12-10-27)33(31,32)20-6-4-3-5-19(20)23/h3-6,14H,7-12H2,1-2H3. The lowest BCUT2D eigenvalue weighted by Crippen LogP contribution is -2.50. The molecule has 1 amide bonds. The molecule has 0 spiro atoms. The molecule has 0 atom stereocenters. The Morgan fingerprint density at radius 3 is 2.55 bits per heavy atom. The van der Waals surface area contributed by atoms with E-state index < -0.39 is 15.8 Å². The lowest BCUT2D eigenvalue weighted by atomic mass is 10.1. The molecule has 2 aromatic heterocycles. The number of aromatic nitrogens is 3. The average molecular weight is 471 g/mol. The van der Waals surface area contributed by atoms with Crippen molar-refractivity contribution < 1.29 is 17.6 Å². The molecule has 1 saturated heterocycles. The second-order valence-electron chi connectivity index (χ2n) is 7.88. The third-order valence-electron chi connectivity index (χ3n) is 5.96. The van der Waals surface area contributed by atoms with Crippen molar-refractivity contribution in [3.8, 4) is 6.07 Å². The van der Waals surface area contributed by atoms with E-state index in [1.54, 1.807) is 9.42 Å². The van der Waals surface area contributed by atoms with Gasteiger partial charge in [-0.15, -0.1) is 0 Å². The number of nitriles is 1. The molecule has 11 heteroatoms. The van der Waals surface area contributed by atoms with Gasteiger partial charge < -0.3 is 4.90 Å². The van der Waals surface area contributed by atoms with Crippen molar-refractivity contribution in [1.82, 2.24) is 23.8 Å². The van der Waals surface area contributed by atoms with Crippen LogP contribution in [0.3, 0.4) is 0 Å². The first-order valence-electron chi connectivity index (χ1n) is 10.5. The van der Waals surface area contributed by atoms with Gasteiger partial charge in [-0.05, 0) is 38.0 Å². The van der Waals surface area contributed by atoms with E-state index in [1.165, 1.54) is 28.7 Å². The summed E-state index contributed by atoms with van der Waals surface area (Å²) < 4.78 is 42.3. The van der Waals surface area contributed by atoms with Gasteiger partial charge in [0.15, 0.2) is 5.65 Å². The zero-order valence-corrected chi connectivity index (χ0v) is 19.1. The first-order chi connectivity index (χ1) is 15.7. The molecular formula is C22H23FN6O3S. The number of aryl methyl sites for hydroxylation is 2. The van der Waals surface area contributed by atoms with Gasteiger partial charge in [0.1, 0.15) is 22.3 Å². The van der Waals surface area contributed by atoms with E-state index in [0.29, 0.717) is 17.6 Å². The SMILES string of the molecule is Cc1nc2c(C#N)cnn2c(C)c1CCC(=O)N1CCN(S(=O)(=O)c2ccccc2F)CC1. The van der Waals surface area contributed by atoms with Crippen molar-refractivity contribution in [2.45, 2.75) is 31.6 Å². The number of sulfonamides is 1. The Kier molecular flexibility index (Phi) is 6.14. The molecule has 1 aliphatic rings. The number of carbonyl (C=O) groups is 1.